The summed E-state index contributed by atoms with van der Waals surface area (Å²) in [4.78, 5) is 17.6. The van der Waals surface area contributed by atoms with E-state index in [0.29, 0.717) is 23.7 Å². The van der Waals surface area contributed by atoms with Gasteiger partial charge in [-0.1, -0.05) is 11.2 Å². The van der Waals surface area contributed by atoms with E-state index in [-0.39, 0.29) is 11.4 Å². The van der Waals surface area contributed by atoms with Gasteiger partial charge in [-0.15, -0.1) is 0 Å². The van der Waals surface area contributed by atoms with Crippen LogP contribution in [0.15, 0.2) is 47.6 Å². The minimum Gasteiger partial charge on any atom is -0.381 e. The van der Waals surface area contributed by atoms with Crippen molar-refractivity contribution in [2.75, 3.05) is 18.9 Å². The number of nitrogen functional groups attached to an aromatic ring is 1. The number of anilines is 1. The molecule has 0 bridgehead atoms. The SMILES string of the molecule is C[C@@](c1ccc(-c2cnc(N)nc2)nc1)(c1noc(-c2cnn(C3CCOCC3)c2)n1)C1CC1. The van der Waals surface area contributed by atoms with Crippen LogP contribution in [0.2, 0.25) is 0 Å². The second-order valence-corrected chi connectivity index (χ2v) is 9.21. The maximum Gasteiger partial charge on any atom is 0.261 e. The molecule has 0 spiro atoms. The number of rotatable bonds is 6. The lowest BCUT2D eigenvalue weighted by Crippen LogP contribution is -2.28. The van der Waals surface area contributed by atoms with E-state index in [1.807, 2.05) is 23.1 Å². The fraction of sp³-hybridized carbons (Fsp3) is 0.417. The van der Waals surface area contributed by atoms with Crippen LogP contribution in [-0.4, -0.2) is 48.1 Å². The fourth-order valence-corrected chi connectivity index (χ4v) is 4.70. The summed E-state index contributed by atoms with van der Waals surface area (Å²) in [6.45, 7) is 3.71. The number of pyridine rings is 1. The Hall–Kier alpha value is -3.66. The first-order chi connectivity index (χ1) is 16.6. The van der Waals surface area contributed by atoms with Gasteiger partial charge in [0.25, 0.3) is 5.89 Å². The molecule has 0 aromatic carbocycles. The highest BCUT2D eigenvalue weighted by Gasteiger charge is 2.47. The zero-order valence-electron chi connectivity index (χ0n) is 19.0. The highest BCUT2D eigenvalue weighted by Crippen LogP contribution is 2.50. The van der Waals surface area contributed by atoms with Gasteiger partial charge >= 0.3 is 0 Å². The van der Waals surface area contributed by atoms with Crippen LogP contribution in [0, 0.1) is 5.92 Å². The van der Waals surface area contributed by atoms with Crippen LogP contribution in [0.5, 0.6) is 0 Å². The molecule has 34 heavy (non-hydrogen) atoms. The fourth-order valence-electron chi connectivity index (χ4n) is 4.70. The average Bonchev–Trinajstić information content (AvgIpc) is 3.41. The van der Waals surface area contributed by atoms with Gasteiger partial charge in [-0.25, -0.2) is 9.97 Å². The Morgan fingerprint density at radius 3 is 2.47 bits per heavy atom. The van der Waals surface area contributed by atoms with Crippen LogP contribution in [0.1, 0.15) is 50.0 Å². The van der Waals surface area contributed by atoms with Gasteiger partial charge < -0.3 is 15.0 Å². The van der Waals surface area contributed by atoms with Gasteiger partial charge in [0.1, 0.15) is 0 Å². The molecule has 174 valence electrons. The van der Waals surface area contributed by atoms with Crippen LogP contribution in [0.25, 0.3) is 22.7 Å². The number of hydrogen-bond donors (Lipinski definition) is 1. The summed E-state index contributed by atoms with van der Waals surface area (Å²) in [6, 6.07) is 4.40. The van der Waals surface area contributed by atoms with Crippen molar-refractivity contribution >= 4 is 5.95 Å². The first-order valence-corrected chi connectivity index (χ1v) is 11.6. The summed E-state index contributed by atoms with van der Waals surface area (Å²) in [7, 11) is 0. The molecule has 10 nitrogen and oxygen atoms in total. The molecule has 0 unspecified atom stereocenters. The van der Waals surface area contributed by atoms with Crippen LogP contribution in [0.4, 0.5) is 5.95 Å². The van der Waals surface area contributed by atoms with E-state index < -0.39 is 0 Å². The topological polar surface area (TPSA) is 131 Å². The molecule has 4 aromatic rings. The van der Waals surface area contributed by atoms with Crippen molar-refractivity contribution < 1.29 is 9.26 Å². The first-order valence-electron chi connectivity index (χ1n) is 11.6. The second kappa shape index (κ2) is 8.28. The molecule has 10 heteroatoms. The van der Waals surface area contributed by atoms with E-state index >= 15 is 0 Å². The van der Waals surface area contributed by atoms with Crippen molar-refractivity contribution in [2.45, 2.75) is 44.1 Å². The Kier molecular flexibility index (Phi) is 5.09. The standard InChI is InChI=1S/C24H26N8O2/c1-24(17-2-3-17,18-4-5-20(26-13-18)15-10-27-23(25)28-11-15)22-30-21(34-31-22)16-12-29-32(14-16)19-6-8-33-9-7-19/h4-5,10-14,17,19H,2-3,6-9H2,1H3,(H2,25,27,28)/t24-/m1/s1. The Morgan fingerprint density at radius 1 is 0.971 bits per heavy atom. The largest absolute Gasteiger partial charge is 0.381 e. The highest BCUT2D eigenvalue weighted by atomic mass is 16.5. The van der Waals surface area contributed by atoms with E-state index in [9.17, 15) is 0 Å². The zero-order chi connectivity index (χ0) is 23.1. The summed E-state index contributed by atoms with van der Waals surface area (Å²) in [5.41, 5.74) is 8.71. The summed E-state index contributed by atoms with van der Waals surface area (Å²) in [5.74, 6) is 1.85. The van der Waals surface area contributed by atoms with Gasteiger partial charge in [0.2, 0.25) is 5.95 Å². The van der Waals surface area contributed by atoms with E-state index in [2.05, 4.69) is 38.2 Å². The van der Waals surface area contributed by atoms with Gasteiger partial charge in [-0.05, 0) is 50.2 Å². The first kappa shape index (κ1) is 20.9. The summed E-state index contributed by atoms with van der Waals surface area (Å²) >= 11 is 0. The van der Waals surface area contributed by atoms with E-state index in [1.54, 1.807) is 18.6 Å². The highest BCUT2D eigenvalue weighted by molar-refractivity contribution is 5.58. The van der Waals surface area contributed by atoms with Crippen molar-refractivity contribution in [3.8, 4) is 22.7 Å². The normalized spacial score (nSPS) is 18.6. The lowest BCUT2D eigenvalue weighted by atomic mass is 9.77. The number of nitrogens with zero attached hydrogens (tertiary/aromatic N) is 7. The lowest BCUT2D eigenvalue weighted by molar-refractivity contribution is 0.0662. The van der Waals surface area contributed by atoms with Gasteiger partial charge in [-0.2, -0.15) is 10.1 Å². The number of hydrogen-bond acceptors (Lipinski definition) is 9. The number of aromatic nitrogens is 7. The molecule has 2 fully saturated rings. The van der Waals surface area contributed by atoms with Gasteiger partial charge in [0.05, 0.1) is 28.9 Å². The molecular weight excluding hydrogens is 432 g/mol. The molecule has 2 N–H and O–H groups in total. The molecule has 2 aliphatic rings. The maximum atomic E-state index is 5.71. The van der Waals surface area contributed by atoms with Crippen molar-refractivity contribution in [1.29, 1.82) is 0 Å². The Morgan fingerprint density at radius 2 is 1.76 bits per heavy atom. The molecule has 0 radical (unpaired) electrons. The van der Waals surface area contributed by atoms with Crippen molar-refractivity contribution in [3.05, 3.63) is 54.5 Å². The summed E-state index contributed by atoms with van der Waals surface area (Å²) < 4.78 is 13.2. The average molecular weight is 459 g/mol. The van der Waals surface area contributed by atoms with Gasteiger partial charge in [0.15, 0.2) is 5.82 Å². The number of nitrogens with two attached hydrogens (primary N) is 1. The van der Waals surface area contributed by atoms with E-state index in [0.717, 1.165) is 61.3 Å². The van der Waals surface area contributed by atoms with Crippen LogP contribution >= 0.6 is 0 Å². The third kappa shape index (κ3) is 3.73. The Bertz CT molecular complexity index is 1270. The molecule has 0 amide bonds. The van der Waals surface area contributed by atoms with E-state index in [1.165, 1.54) is 0 Å². The second-order valence-electron chi connectivity index (χ2n) is 9.21. The van der Waals surface area contributed by atoms with Crippen LogP contribution in [-0.2, 0) is 10.2 Å². The predicted molar refractivity (Wildman–Crippen MR) is 123 cm³/mol. The molecule has 1 saturated carbocycles. The molecule has 4 aromatic heterocycles. The predicted octanol–water partition coefficient (Wildman–Crippen LogP) is 3.43. The Labute approximate surface area is 196 Å². The quantitative estimate of drug-likeness (QED) is 0.461. The third-order valence-electron chi connectivity index (χ3n) is 7.03. The van der Waals surface area contributed by atoms with E-state index in [4.69, 9.17) is 20.0 Å². The molecule has 1 atom stereocenters. The maximum absolute atomic E-state index is 5.71. The summed E-state index contributed by atoms with van der Waals surface area (Å²) in [6.07, 6.45) is 13.2. The summed E-state index contributed by atoms with van der Waals surface area (Å²) in [5, 5.41) is 8.95. The molecule has 1 aliphatic heterocycles. The molecule has 5 heterocycles. The molecular formula is C24H26N8O2. The van der Waals surface area contributed by atoms with Crippen molar-refractivity contribution in [3.63, 3.8) is 0 Å². The molecule has 6 rings (SSSR count). The minimum absolute atomic E-state index is 0.243. The van der Waals surface area contributed by atoms with Crippen LogP contribution < -0.4 is 5.73 Å². The smallest absolute Gasteiger partial charge is 0.261 e. The van der Waals surface area contributed by atoms with Crippen molar-refractivity contribution in [2.24, 2.45) is 5.92 Å². The number of ether oxygens (including phenoxy) is 1. The monoisotopic (exact) mass is 458 g/mol. The van der Waals surface area contributed by atoms with Crippen molar-refractivity contribution in [1.82, 2.24) is 34.9 Å². The lowest BCUT2D eigenvalue weighted by Gasteiger charge is -2.26. The molecule has 1 saturated heterocycles. The third-order valence-corrected chi connectivity index (χ3v) is 7.03. The minimum atomic E-state index is -0.387. The van der Waals surface area contributed by atoms with Gasteiger partial charge in [-0.3, -0.25) is 9.67 Å². The molecule has 1 aliphatic carbocycles. The zero-order valence-corrected chi connectivity index (χ0v) is 19.0. The van der Waals surface area contributed by atoms with Crippen LogP contribution in [0.3, 0.4) is 0 Å². The van der Waals surface area contributed by atoms with Gasteiger partial charge in [0, 0.05) is 43.6 Å². The Balaban J connectivity index is 1.28.